The van der Waals surface area contributed by atoms with E-state index in [9.17, 15) is 4.79 Å². The van der Waals surface area contributed by atoms with Crippen molar-refractivity contribution in [2.24, 2.45) is 11.0 Å². The number of ether oxygens (including phenoxy) is 2. The van der Waals surface area contributed by atoms with E-state index in [1.165, 1.54) is 5.56 Å². The molecular formula is C21H22N2O3. The third-order valence-corrected chi connectivity index (χ3v) is 5.33. The number of hydrazone groups is 1. The molecule has 1 heterocycles. The van der Waals surface area contributed by atoms with Gasteiger partial charge in [-0.05, 0) is 36.6 Å². The van der Waals surface area contributed by atoms with Crippen LogP contribution in [0.3, 0.4) is 0 Å². The van der Waals surface area contributed by atoms with Crippen LogP contribution in [0.5, 0.6) is 11.5 Å². The van der Waals surface area contributed by atoms with E-state index in [4.69, 9.17) is 14.6 Å². The zero-order valence-corrected chi connectivity index (χ0v) is 15.2. The summed E-state index contributed by atoms with van der Waals surface area (Å²) in [5.74, 6) is 1.84. The van der Waals surface area contributed by atoms with Crippen molar-refractivity contribution in [3.05, 3.63) is 59.2 Å². The Bertz CT molecular complexity index is 873. The number of fused-ring (bicyclic) bond motifs is 3. The maximum atomic E-state index is 12.3. The molecule has 0 saturated heterocycles. The first kappa shape index (κ1) is 16.6. The van der Waals surface area contributed by atoms with Crippen LogP contribution >= 0.6 is 0 Å². The third-order valence-electron chi connectivity index (χ3n) is 5.33. The highest BCUT2D eigenvalue weighted by Crippen LogP contribution is 2.45. The van der Waals surface area contributed by atoms with Gasteiger partial charge in [0.1, 0.15) is 11.5 Å². The molecule has 2 aromatic rings. The van der Waals surface area contributed by atoms with E-state index in [-0.39, 0.29) is 17.9 Å². The van der Waals surface area contributed by atoms with Crippen molar-refractivity contribution in [2.45, 2.75) is 25.8 Å². The Morgan fingerprint density at radius 2 is 1.88 bits per heavy atom. The molecule has 0 fully saturated rings. The summed E-state index contributed by atoms with van der Waals surface area (Å²) in [7, 11) is 3.35. The predicted molar refractivity (Wildman–Crippen MR) is 99.6 cm³/mol. The molecule has 0 aromatic heterocycles. The third kappa shape index (κ3) is 2.55. The lowest BCUT2D eigenvalue weighted by Gasteiger charge is -2.29. The zero-order valence-electron chi connectivity index (χ0n) is 15.2. The molecule has 0 spiro atoms. The molecule has 2 atom stereocenters. The number of rotatable bonds is 3. The van der Waals surface area contributed by atoms with Crippen molar-refractivity contribution in [3.8, 4) is 11.5 Å². The van der Waals surface area contributed by atoms with Crippen molar-refractivity contribution in [1.82, 2.24) is 5.01 Å². The number of benzene rings is 2. The zero-order chi connectivity index (χ0) is 18.3. The molecule has 5 nitrogen and oxygen atoms in total. The SMILES string of the molecule is COc1ccc([C@@H]2[C@@H]3CCc4c(OC)cccc4C3=NN2C(C)=O)cc1. The fraction of sp³-hybridized carbons (Fsp3) is 0.333. The lowest BCUT2D eigenvalue weighted by atomic mass is 9.77. The molecule has 26 heavy (non-hydrogen) atoms. The average Bonchev–Trinajstić information content (AvgIpc) is 3.08. The first-order valence-corrected chi connectivity index (χ1v) is 8.82. The Kier molecular flexibility index (Phi) is 4.15. The van der Waals surface area contributed by atoms with E-state index in [1.807, 2.05) is 36.4 Å². The summed E-state index contributed by atoms with van der Waals surface area (Å²) < 4.78 is 10.8. The number of amides is 1. The average molecular weight is 350 g/mol. The molecule has 0 unspecified atom stereocenters. The van der Waals surface area contributed by atoms with E-state index in [0.717, 1.165) is 41.2 Å². The first-order valence-electron chi connectivity index (χ1n) is 8.82. The van der Waals surface area contributed by atoms with Crippen LogP contribution in [-0.2, 0) is 11.2 Å². The second-order valence-electron chi connectivity index (χ2n) is 6.70. The van der Waals surface area contributed by atoms with Gasteiger partial charge in [-0.1, -0.05) is 24.3 Å². The van der Waals surface area contributed by atoms with Gasteiger partial charge in [0, 0.05) is 24.0 Å². The van der Waals surface area contributed by atoms with E-state index in [1.54, 1.807) is 26.2 Å². The Balaban J connectivity index is 1.78. The maximum absolute atomic E-state index is 12.3. The van der Waals surface area contributed by atoms with Gasteiger partial charge in [0.15, 0.2) is 0 Å². The normalized spacial score (nSPS) is 20.9. The Hall–Kier alpha value is -2.82. The van der Waals surface area contributed by atoms with E-state index in [0.29, 0.717) is 0 Å². The van der Waals surface area contributed by atoms with Crippen LogP contribution < -0.4 is 9.47 Å². The maximum Gasteiger partial charge on any atom is 0.240 e. The van der Waals surface area contributed by atoms with Crippen LogP contribution in [0.2, 0.25) is 0 Å². The molecule has 0 N–H and O–H groups in total. The summed E-state index contributed by atoms with van der Waals surface area (Å²) in [4.78, 5) is 12.3. The van der Waals surface area contributed by atoms with Crippen LogP contribution in [0.15, 0.2) is 47.6 Å². The molecule has 1 aliphatic heterocycles. The minimum Gasteiger partial charge on any atom is -0.497 e. The van der Waals surface area contributed by atoms with Crippen LogP contribution in [0.1, 0.15) is 36.1 Å². The summed E-state index contributed by atoms with van der Waals surface area (Å²) in [5.41, 5.74) is 4.35. The second kappa shape index (κ2) is 6.48. The van der Waals surface area contributed by atoms with Gasteiger partial charge in [-0.15, -0.1) is 0 Å². The van der Waals surface area contributed by atoms with Gasteiger partial charge in [-0.2, -0.15) is 5.10 Å². The van der Waals surface area contributed by atoms with Crippen LogP contribution in [0.4, 0.5) is 0 Å². The summed E-state index contributed by atoms with van der Waals surface area (Å²) in [6.45, 7) is 1.57. The molecular weight excluding hydrogens is 328 g/mol. The molecule has 1 amide bonds. The molecule has 2 aromatic carbocycles. The highest BCUT2D eigenvalue weighted by molar-refractivity contribution is 6.07. The van der Waals surface area contributed by atoms with Crippen molar-refractivity contribution < 1.29 is 14.3 Å². The van der Waals surface area contributed by atoms with Crippen molar-refractivity contribution in [1.29, 1.82) is 0 Å². The minimum absolute atomic E-state index is 0.0443. The largest absolute Gasteiger partial charge is 0.497 e. The molecule has 4 rings (SSSR count). The number of carbonyl (C=O) groups is 1. The van der Waals surface area contributed by atoms with Gasteiger partial charge in [-0.25, -0.2) is 5.01 Å². The molecule has 0 bridgehead atoms. The van der Waals surface area contributed by atoms with Gasteiger partial charge in [0.2, 0.25) is 5.91 Å². The fourth-order valence-corrected chi connectivity index (χ4v) is 4.12. The Morgan fingerprint density at radius 1 is 1.12 bits per heavy atom. The highest BCUT2D eigenvalue weighted by Gasteiger charge is 2.43. The molecule has 2 aliphatic rings. The Labute approximate surface area is 153 Å². The van der Waals surface area contributed by atoms with Crippen molar-refractivity contribution in [2.75, 3.05) is 14.2 Å². The van der Waals surface area contributed by atoms with E-state index < -0.39 is 0 Å². The quantitative estimate of drug-likeness (QED) is 0.850. The van der Waals surface area contributed by atoms with Crippen molar-refractivity contribution in [3.63, 3.8) is 0 Å². The molecule has 0 radical (unpaired) electrons. The lowest BCUT2D eigenvalue weighted by molar-refractivity contribution is -0.131. The Morgan fingerprint density at radius 3 is 2.54 bits per heavy atom. The molecule has 5 heteroatoms. The minimum atomic E-state index is -0.0762. The number of nitrogens with zero attached hydrogens (tertiary/aromatic N) is 2. The highest BCUT2D eigenvalue weighted by atomic mass is 16.5. The smallest absolute Gasteiger partial charge is 0.240 e. The number of carbonyl (C=O) groups excluding carboxylic acids is 1. The van der Waals surface area contributed by atoms with Gasteiger partial charge < -0.3 is 9.47 Å². The van der Waals surface area contributed by atoms with Gasteiger partial charge >= 0.3 is 0 Å². The monoisotopic (exact) mass is 350 g/mol. The van der Waals surface area contributed by atoms with Crippen LogP contribution in [-0.4, -0.2) is 30.8 Å². The van der Waals surface area contributed by atoms with E-state index >= 15 is 0 Å². The van der Waals surface area contributed by atoms with Crippen LogP contribution in [0.25, 0.3) is 0 Å². The summed E-state index contributed by atoms with van der Waals surface area (Å²) in [6.07, 6.45) is 1.86. The summed E-state index contributed by atoms with van der Waals surface area (Å²) >= 11 is 0. The number of methoxy groups -OCH3 is 2. The second-order valence-corrected chi connectivity index (χ2v) is 6.70. The standard InChI is InChI=1S/C21H22N2O3/c1-13(24)23-21(14-7-9-15(25-2)10-8-14)18-12-11-16-17(20(18)22-23)5-4-6-19(16)26-3/h4-10,18,21H,11-12H2,1-3H3/t18-,21-/m1/s1. The molecule has 1 aliphatic carbocycles. The van der Waals surface area contributed by atoms with Gasteiger partial charge in [0.25, 0.3) is 0 Å². The summed E-state index contributed by atoms with van der Waals surface area (Å²) in [5, 5.41) is 6.38. The number of hydrogen-bond donors (Lipinski definition) is 0. The lowest BCUT2D eigenvalue weighted by Crippen LogP contribution is -2.31. The molecule has 0 saturated carbocycles. The molecule has 134 valence electrons. The van der Waals surface area contributed by atoms with Crippen molar-refractivity contribution >= 4 is 11.6 Å². The van der Waals surface area contributed by atoms with Gasteiger partial charge in [0.05, 0.1) is 26.0 Å². The van der Waals surface area contributed by atoms with Gasteiger partial charge in [-0.3, -0.25) is 4.79 Å². The van der Waals surface area contributed by atoms with E-state index in [2.05, 4.69) is 6.07 Å². The first-order chi connectivity index (χ1) is 12.6. The topological polar surface area (TPSA) is 51.1 Å². The fourth-order valence-electron chi connectivity index (χ4n) is 4.12. The predicted octanol–water partition coefficient (Wildman–Crippen LogP) is 3.57. The number of hydrogen-bond acceptors (Lipinski definition) is 4. The summed E-state index contributed by atoms with van der Waals surface area (Å²) in [6, 6.07) is 13.9. The van der Waals surface area contributed by atoms with Crippen LogP contribution in [0, 0.1) is 5.92 Å².